The van der Waals surface area contributed by atoms with Gasteiger partial charge in [-0.3, -0.25) is 9.59 Å². The van der Waals surface area contributed by atoms with Crippen LogP contribution < -0.4 is 26.4 Å². The van der Waals surface area contributed by atoms with E-state index in [0.29, 0.717) is 36.9 Å². The molecule has 9 heteroatoms. The number of nitrogens with one attached hydrogen (secondary N) is 3. The quantitative estimate of drug-likeness (QED) is 0.175. The molecule has 2 atom stereocenters. The summed E-state index contributed by atoms with van der Waals surface area (Å²) in [5.41, 5.74) is 6.38. The molecule has 9 nitrogen and oxygen atoms in total. The Labute approximate surface area is 190 Å². The summed E-state index contributed by atoms with van der Waals surface area (Å²) in [6.07, 6.45) is 0.314. The standard InChI is InChI=1S/C23H36N4O5/c1-4-18(2)7-6-10-26-22(28)17-30-13-14-31-21(24)16-32-20-9-5-8-19(15-20)23(29)27-12-11-25-3/h5,8-9,15,18,21,25H,4,10-14,16-17,24H2,1-3H3,(H,26,28)(H,27,29)/t18-,21?/m0/s1. The zero-order valence-corrected chi connectivity index (χ0v) is 19.2. The third kappa shape index (κ3) is 12.9. The molecule has 1 aromatic carbocycles. The lowest BCUT2D eigenvalue weighted by molar-refractivity contribution is -0.126. The Bertz CT molecular complexity index is 747. The van der Waals surface area contributed by atoms with Crippen molar-refractivity contribution in [3.05, 3.63) is 29.8 Å². The van der Waals surface area contributed by atoms with Crippen molar-refractivity contribution in [3.63, 3.8) is 0 Å². The number of likely N-dealkylation sites (N-methyl/N-ethyl adjacent to an activating group) is 1. The van der Waals surface area contributed by atoms with Gasteiger partial charge in [0.2, 0.25) is 5.91 Å². The maximum atomic E-state index is 12.1. The van der Waals surface area contributed by atoms with E-state index in [2.05, 4.69) is 34.7 Å². The van der Waals surface area contributed by atoms with Crippen LogP contribution in [0.1, 0.15) is 30.6 Å². The molecule has 5 N–H and O–H groups in total. The second-order valence-corrected chi connectivity index (χ2v) is 7.07. The minimum absolute atomic E-state index is 0.0662. The molecule has 0 bridgehead atoms. The number of benzene rings is 1. The van der Waals surface area contributed by atoms with Crippen molar-refractivity contribution in [1.29, 1.82) is 0 Å². The van der Waals surface area contributed by atoms with Gasteiger partial charge < -0.3 is 35.9 Å². The fraction of sp³-hybridized carbons (Fsp3) is 0.565. The number of hydrogen-bond acceptors (Lipinski definition) is 7. The van der Waals surface area contributed by atoms with Crippen LogP contribution in [-0.4, -0.2) is 71.2 Å². The van der Waals surface area contributed by atoms with E-state index >= 15 is 0 Å². The minimum atomic E-state index is -0.670. The largest absolute Gasteiger partial charge is 0.489 e. The number of carbonyl (C=O) groups is 2. The highest BCUT2D eigenvalue weighted by atomic mass is 16.6. The first-order valence-electron chi connectivity index (χ1n) is 10.8. The highest BCUT2D eigenvalue weighted by Crippen LogP contribution is 2.13. The van der Waals surface area contributed by atoms with Crippen LogP contribution in [0, 0.1) is 17.8 Å². The van der Waals surface area contributed by atoms with Gasteiger partial charge in [-0.1, -0.05) is 31.8 Å². The lowest BCUT2D eigenvalue weighted by Crippen LogP contribution is -2.33. The second-order valence-electron chi connectivity index (χ2n) is 7.07. The topological polar surface area (TPSA) is 124 Å². The van der Waals surface area contributed by atoms with Crippen molar-refractivity contribution >= 4 is 11.8 Å². The molecule has 0 spiro atoms. The molecule has 178 valence electrons. The summed E-state index contributed by atoms with van der Waals surface area (Å²) in [6.45, 7) is 6.13. The number of rotatable bonds is 15. The van der Waals surface area contributed by atoms with Gasteiger partial charge in [0, 0.05) is 24.6 Å². The fourth-order valence-corrected chi connectivity index (χ4v) is 2.30. The molecule has 0 aliphatic heterocycles. The molecule has 0 saturated heterocycles. The zero-order chi connectivity index (χ0) is 23.6. The number of nitrogens with two attached hydrogens (primary N) is 1. The normalized spacial score (nSPS) is 12.2. The number of amides is 2. The molecule has 1 unspecified atom stereocenters. The number of hydrogen-bond donors (Lipinski definition) is 4. The minimum Gasteiger partial charge on any atom is -0.489 e. The molecule has 0 fully saturated rings. The van der Waals surface area contributed by atoms with Crippen LogP contribution in [0.15, 0.2) is 24.3 Å². The van der Waals surface area contributed by atoms with Gasteiger partial charge in [-0.2, -0.15) is 0 Å². The van der Waals surface area contributed by atoms with Crippen LogP contribution in [0.4, 0.5) is 0 Å². The number of ether oxygens (including phenoxy) is 3. The van der Waals surface area contributed by atoms with Crippen LogP contribution in [0.2, 0.25) is 0 Å². The molecule has 0 aliphatic rings. The zero-order valence-electron chi connectivity index (χ0n) is 19.2. The van der Waals surface area contributed by atoms with Crippen LogP contribution in [-0.2, 0) is 14.3 Å². The molecule has 0 aromatic heterocycles. The second kappa shape index (κ2) is 17.0. The molecule has 0 radical (unpaired) electrons. The van der Waals surface area contributed by atoms with Crippen molar-refractivity contribution < 1.29 is 23.8 Å². The molecule has 0 saturated carbocycles. The average Bonchev–Trinajstić information content (AvgIpc) is 2.80. The Morgan fingerprint density at radius 3 is 2.75 bits per heavy atom. The van der Waals surface area contributed by atoms with Crippen molar-refractivity contribution in [2.75, 3.05) is 53.1 Å². The Kier molecular flexibility index (Phi) is 14.5. The SMILES string of the molecule is CC[C@H](C)C#CCNC(=O)COCCOC(N)COc1cccc(C(=O)NCCNC)c1. The maximum absolute atomic E-state index is 12.1. The summed E-state index contributed by atoms with van der Waals surface area (Å²) in [5.74, 6) is 6.41. The molecule has 1 rings (SSSR count). The summed E-state index contributed by atoms with van der Waals surface area (Å²) < 4.78 is 16.3. The predicted octanol–water partition coefficient (Wildman–Crippen LogP) is 0.498. The van der Waals surface area contributed by atoms with Crippen molar-refractivity contribution in [3.8, 4) is 17.6 Å². The highest BCUT2D eigenvalue weighted by Gasteiger charge is 2.08. The highest BCUT2D eigenvalue weighted by molar-refractivity contribution is 5.94. The summed E-state index contributed by atoms with van der Waals surface area (Å²) >= 11 is 0. The van der Waals surface area contributed by atoms with E-state index in [1.807, 2.05) is 14.0 Å². The summed E-state index contributed by atoms with van der Waals surface area (Å²) in [5, 5.41) is 8.44. The van der Waals surface area contributed by atoms with Gasteiger partial charge in [0.05, 0.1) is 19.8 Å². The first kappa shape index (κ1) is 27.4. The Morgan fingerprint density at radius 2 is 2.00 bits per heavy atom. The first-order chi connectivity index (χ1) is 15.5. The number of carbonyl (C=O) groups excluding carboxylic acids is 2. The predicted molar refractivity (Wildman–Crippen MR) is 123 cm³/mol. The van der Waals surface area contributed by atoms with Crippen LogP contribution >= 0.6 is 0 Å². The lowest BCUT2D eigenvalue weighted by atomic mass is 10.1. The third-order valence-electron chi connectivity index (χ3n) is 4.30. The van der Waals surface area contributed by atoms with Gasteiger partial charge in [0.15, 0.2) is 0 Å². The Morgan fingerprint density at radius 1 is 1.19 bits per heavy atom. The van der Waals surface area contributed by atoms with Gasteiger partial charge in [-0.25, -0.2) is 0 Å². The summed E-state index contributed by atoms with van der Waals surface area (Å²) in [7, 11) is 1.82. The summed E-state index contributed by atoms with van der Waals surface area (Å²) in [6, 6.07) is 6.84. The van der Waals surface area contributed by atoms with E-state index in [1.165, 1.54) is 0 Å². The average molecular weight is 449 g/mol. The van der Waals surface area contributed by atoms with Gasteiger partial charge in [0.25, 0.3) is 5.91 Å². The van der Waals surface area contributed by atoms with Crippen LogP contribution in [0.5, 0.6) is 5.75 Å². The van der Waals surface area contributed by atoms with E-state index in [1.54, 1.807) is 24.3 Å². The lowest BCUT2D eigenvalue weighted by Gasteiger charge is -2.15. The van der Waals surface area contributed by atoms with Crippen molar-refractivity contribution in [2.24, 2.45) is 11.7 Å². The van der Waals surface area contributed by atoms with E-state index in [-0.39, 0.29) is 38.2 Å². The Balaban J connectivity index is 2.18. The Hall–Kier alpha value is -2.64. The van der Waals surface area contributed by atoms with Crippen LogP contribution in [0.3, 0.4) is 0 Å². The van der Waals surface area contributed by atoms with Gasteiger partial charge in [-0.05, 0) is 31.7 Å². The molecule has 2 amide bonds. The summed E-state index contributed by atoms with van der Waals surface area (Å²) in [4.78, 5) is 23.7. The monoisotopic (exact) mass is 448 g/mol. The molecular weight excluding hydrogens is 412 g/mol. The molecule has 1 aromatic rings. The van der Waals surface area contributed by atoms with E-state index in [0.717, 1.165) is 6.42 Å². The molecule has 0 heterocycles. The third-order valence-corrected chi connectivity index (χ3v) is 4.30. The molecular formula is C23H36N4O5. The van der Waals surface area contributed by atoms with Gasteiger partial charge in [0.1, 0.15) is 25.2 Å². The van der Waals surface area contributed by atoms with Crippen molar-refractivity contribution in [1.82, 2.24) is 16.0 Å². The van der Waals surface area contributed by atoms with Gasteiger partial charge in [-0.15, -0.1) is 0 Å². The van der Waals surface area contributed by atoms with E-state index < -0.39 is 6.23 Å². The fourth-order valence-electron chi connectivity index (χ4n) is 2.30. The molecule has 0 aliphatic carbocycles. The van der Waals surface area contributed by atoms with Gasteiger partial charge >= 0.3 is 0 Å². The molecule has 32 heavy (non-hydrogen) atoms. The van der Waals surface area contributed by atoms with Crippen LogP contribution in [0.25, 0.3) is 0 Å². The van der Waals surface area contributed by atoms with Crippen molar-refractivity contribution in [2.45, 2.75) is 26.5 Å². The van der Waals surface area contributed by atoms with E-state index in [9.17, 15) is 9.59 Å². The van der Waals surface area contributed by atoms with E-state index in [4.69, 9.17) is 19.9 Å². The first-order valence-corrected chi connectivity index (χ1v) is 10.8. The maximum Gasteiger partial charge on any atom is 0.251 e. The smallest absolute Gasteiger partial charge is 0.251 e.